The second-order valence-electron chi connectivity index (χ2n) is 5.79. The molecule has 0 aliphatic carbocycles. The molecule has 1 aromatic carbocycles. The summed E-state index contributed by atoms with van der Waals surface area (Å²) in [6.07, 6.45) is 1.81. The fourth-order valence-electron chi connectivity index (χ4n) is 2.87. The topological polar surface area (TPSA) is 82.5 Å². The van der Waals surface area contributed by atoms with Crippen LogP contribution in [-0.4, -0.2) is 39.5 Å². The van der Waals surface area contributed by atoms with E-state index < -0.39 is 12.0 Å². The molecule has 2 heterocycles. The van der Waals surface area contributed by atoms with Crippen molar-refractivity contribution in [3.8, 4) is 0 Å². The largest absolute Gasteiger partial charge is 0.480 e. The summed E-state index contributed by atoms with van der Waals surface area (Å²) in [6, 6.07) is 8.88. The number of benzene rings is 1. The number of thiazole rings is 1. The van der Waals surface area contributed by atoms with Gasteiger partial charge in [0.05, 0.1) is 12.1 Å². The standard InChI is InChI=1S/C17H19N3O3S/c21-15(18-12-5-2-1-3-6-12)9-16-19-13(11-24-16)10-20-8-4-7-14(20)17(22)23/h1-3,5-6,11,14H,4,7-10H2,(H,18,21)(H,22,23)/t14-/m0/s1. The number of nitrogens with zero attached hydrogens (tertiary/aromatic N) is 2. The lowest BCUT2D eigenvalue weighted by Gasteiger charge is -2.19. The molecule has 0 spiro atoms. The van der Waals surface area contributed by atoms with E-state index in [-0.39, 0.29) is 12.3 Å². The molecule has 1 aromatic heterocycles. The second kappa shape index (κ2) is 7.55. The van der Waals surface area contributed by atoms with Crippen molar-refractivity contribution in [1.29, 1.82) is 0 Å². The van der Waals surface area contributed by atoms with Gasteiger partial charge in [0.15, 0.2) is 0 Å². The van der Waals surface area contributed by atoms with Gasteiger partial charge in [-0.05, 0) is 31.5 Å². The Balaban J connectivity index is 1.55. The summed E-state index contributed by atoms with van der Waals surface area (Å²) in [7, 11) is 0. The molecule has 1 fully saturated rings. The summed E-state index contributed by atoms with van der Waals surface area (Å²) in [5, 5.41) is 14.7. The van der Waals surface area contributed by atoms with Crippen molar-refractivity contribution < 1.29 is 14.7 Å². The number of carboxylic acids is 1. The third-order valence-corrected chi connectivity index (χ3v) is 4.88. The lowest BCUT2D eigenvalue weighted by Crippen LogP contribution is -2.35. The molecular formula is C17H19N3O3S. The minimum atomic E-state index is -0.773. The van der Waals surface area contributed by atoms with E-state index in [1.807, 2.05) is 40.6 Å². The van der Waals surface area contributed by atoms with Crippen LogP contribution in [0.4, 0.5) is 5.69 Å². The van der Waals surface area contributed by atoms with Gasteiger partial charge in [0.25, 0.3) is 0 Å². The van der Waals surface area contributed by atoms with Crippen LogP contribution in [0, 0.1) is 0 Å². The fourth-order valence-corrected chi connectivity index (χ4v) is 3.65. The molecule has 1 saturated heterocycles. The monoisotopic (exact) mass is 345 g/mol. The normalized spacial score (nSPS) is 17.8. The summed E-state index contributed by atoms with van der Waals surface area (Å²) in [4.78, 5) is 29.7. The van der Waals surface area contributed by atoms with Crippen molar-refractivity contribution in [2.24, 2.45) is 0 Å². The molecule has 0 radical (unpaired) electrons. The van der Waals surface area contributed by atoms with E-state index in [1.165, 1.54) is 11.3 Å². The van der Waals surface area contributed by atoms with Crippen LogP contribution in [-0.2, 0) is 22.6 Å². The van der Waals surface area contributed by atoms with E-state index in [4.69, 9.17) is 0 Å². The molecule has 7 heteroatoms. The summed E-state index contributed by atoms with van der Waals surface area (Å²) >= 11 is 1.44. The average Bonchev–Trinajstić information content (AvgIpc) is 3.18. The second-order valence-corrected chi connectivity index (χ2v) is 6.73. The first kappa shape index (κ1) is 16.6. The van der Waals surface area contributed by atoms with E-state index >= 15 is 0 Å². The van der Waals surface area contributed by atoms with Gasteiger partial charge < -0.3 is 10.4 Å². The maximum atomic E-state index is 12.0. The Hall–Kier alpha value is -2.25. The third-order valence-electron chi connectivity index (χ3n) is 3.98. The van der Waals surface area contributed by atoms with Crippen LogP contribution in [0.25, 0.3) is 0 Å². The molecule has 126 valence electrons. The van der Waals surface area contributed by atoms with Crippen molar-refractivity contribution in [2.75, 3.05) is 11.9 Å². The van der Waals surface area contributed by atoms with Gasteiger partial charge in [0.2, 0.25) is 5.91 Å². The molecule has 0 bridgehead atoms. The first-order chi connectivity index (χ1) is 11.6. The molecule has 1 atom stereocenters. The van der Waals surface area contributed by atoms with E-state index in [9.17, 15) is 14.7 Å². The quantitative estimate of drug-likeness (QED) is 0.840. The summed E-state index contributed by atoms with van der Waals surface area (Å²) in [5.41, 5.74) is 1.59. The first-order valence-electron chi connectivity index (χ1n) is 7.87. The number of carbonyl (C=O) groups is 2. The van der Waals surface area contributed by atoms with Crippen LogP contribution in [0.5, 0.6) is 0 Å². The van der Waals surface area contributed by atoms with Gasteiger partial charge in [-0.25, -0.2) is 4.98 Å². The molecule has 1 amide bonds. The van der Waals surface area contributed by atoms with E-state index in [1.54, 1.807) is 0 Å². The minimum Gasteiger partial charge on any atom is -0.480 e. The molecular weight excluding hydrogens is 326 g/mol. The van der Waals surface area contributed by atoms with Gasteiger partial charge in [-0.2, -0.15) is 0 Å². The number of aliphatic carboxylic acids is 1. The van der Waals surface area contributed by atoms with E-state index in [0.717, 1.165) is 29.4 Å². The maximum Gasteiger partial charge on any atom is 0.320 e. The van der Waals surface area contributed by atoms with Crippen LogP contribution in [0.2, 0.25) is 0 Å². The van der Waals surface area contributed by atoms with Crippen molar-refractivity contribution in [2.45, 2.75) is 31.8 Å². The molecule has 2 aromatic rings. The van der Waals surface area contributed by atoms with Crippen molar-refractivity contribution in [3.05, 3.63) is 46.4 Å². The zero-order valence-corrected chi connectivity index (χ0v) is 14.0. The number of hydrogen-bond donors (Lipinski definition) is 2. The number of amides is 1. The highest BCUT2D eigenvalue weighted by Crippen LogP contribution is 2.21. The first-order valence-corrected chi connectivity index (χ1v) is 8.75. The van der Waals surface area contributed by atoms with Gasteiger partial charge in [-0.1, -0.05) is 18.2 Å². The molecule has 1 aliphatic heterocycles. The Labute approximate surface area is 144 Å². The Bertz CT molecular complexity index is 717. The lowest BCUT2D eigenvalue weighted by molar-refractivity contribution is -0.142. The Morgan fingerprint density at radius 2 is 2.12 bits per heavy atom. The van der Waals surface area contributed by atoms with Crippen molar-refractivity contribution in [3.63, 3.8) is 0 Å². The summed E-state index contributed by atoms with van der Waals surface area (Å²) in [6.45, 7) is 1.30. The van der Waals surface area contributed by atoms with Gasteiger partial charge in [-0.3, -0.25) is 14.5 Å². The van der Waals surface area contributed by atoms with E-state index in [2.05, 4.69) is 10.3 Å². The van der Waals surface area contributed by atoms with Gasteiger partial charge in [0, 0.05) is 17.6 Å². The number of rotatable bonds is 6. The highest BCUT2D eigenvalue weighted by molar-refractivity contribution is 7.09. The minimum absolute atomic E-state index is 0.105. The molecule has 0 unspecified atom stereocenters. The number of para-hydroxylation sites is 1. The number of hydrogen-bond acceptors (Lipinski definition) is 5. The molecule has 0 saturated carbocycles. The van der Waals surface area contributed by atoms with E-state index in [0.29, 0.717) is 13.0 Å². The third kappa shape index (κ3) is 4.18. The predicted molar refractivity (Wildman–Crippen MR) is 92.0 cm³/mol. The van der Waals surface area contributed by atoms with Gasteiger partial charge >= 0.3 is 5.97 Å². The number of aromatic nitrogens is 1. The molecule has 3 rings (SSSR count). The smallest absolute Gasteiger partial charge is 0.320 e. The fraction of sp³-hybridized carbons (Fsp3) is 0.353. The number of carboxylic acid groups (broad SMARTS) is 1. The zero-order valence-electron chi connectivity index (χ0n) is 13.1. The maximum absolute atomic E-state index is 12.0. The summed E-state index contributed by atoms with van der Waals surface area (Å²) in [5.74, 6) is -0.878. The number of likely N-dealkylation sites (tertiary alicyclic amines) is 1. The van der Waals surface area contributed by atoms with Gasteiger partial charge in [-0.15, -0.1) is 11.3 Å². The number of carbonyl (C=O) groups excluding carboxylic acids is 1. The molecule has 2 N–H and O–H groups in total. The highest BCUT2D eigenvalue weighted by Gasteiger charge is 2.30. The zero-order chi connectivity index (χ0) is 16.9. The van der Waals surface area contributed by atoms with Crippen LogP contribution in [0.15, 0.2) is 35.7 Å². The molecule has 6 nitrogen and oxygen atoms in total. The van der Waals surface area contributed by atoms with Crippen molar-refractivity contribution in [1.82, 2.24) is 9.88 Å². The SMILES string of the molecule is O=C(Cc1nc(CN2CCC[C@H]2C(=O)O)cs1)Nc1ccccc1. The predicted octanol–water partition coefficient (Wildman–Crippen LogP) is 2.37. The number of nitrogens with one attached hydrogen (secondary N) is 1. The molecule has 1 aliphatic rings. The Morgan fingerprint density at radius 1 is 1.33 bits per heavy atom. The summed E-state index contributed by atoms with van der Waals surface area (Å²) < 4.78 is 0. The number of anilines is 1. The Kier molecular flexibility index (Phi) is 5.22. The van der Waals surface area contributed by atoms with Crippen LogP contribution >= 0.6 is 11.3 Å². The Morgan fingerprint density at radius 3 is 2.88 bits per heavy atom. The average molecular weight is 345 g/mol. The van der Waals surface area contributed by atoms with Gasteiger partial charge in [0.1, 0.15) is 11.0 Å². The molecule has 24 heavy (non-hydrogen) atoms. The van der Waals surface area contributed by atoms with Crippen LogP contribution in [0.3, 0.4) is 0 Å². The van der Waals surface area contributed by atoms with Crippen LogP contribution < -0.4 is 5.32 Å². The lowest BCUT2D eigenvalue weighted by atomic mass is 10.2. The van der Waals surface area contributed by atoms with Crippen molar-refractivity contribution >= 4 is 28.9 Å². The van der Waals surface area contributed by atoms with Crippen LogP contribution in [0.1, 0.15) is 23.5 Å². The highest BCUT2D eigenvalue weighted by atomic mass is 32.1.